The minimum atomic E-state index is 0.608. The number of allylic oxidation sites excluding steroid dienone is 5. The van der Waals surface area contributed by atoms with Crippen LogP contribution in [0.1, 0.15) is 38.7 Å². The fourth-order valence-corrected chi connectivity index (χ4v) is 4.31. The predicted octanol–water partition coefficient (Wildman–Crippen LogP) is 6.72. The van der Waals surface area contributed by atoms with Gasteiger partial charge >= 0.3 is 0 Å². The molecule has 5 aromatic heterocycles. The molecule has 38 heavy (non-hydrogen) atoms. The number of nitrogens with one attached hydrogen (secondary N) is 3. The Kier molecular flexibility index (Phi) is 7.21. The van der Waals surface area contributed by atoms with E-state index in [1.807, 2.05) is 43.5 Å². The molecule has 190 valence electrons. The van der Waals surface area contributed by atoms with Gasteiger partial charge in [-0.3, -0.25) is 10.1 Å². The highest BCUT2D eigenvalue weighted by molar-refractivity contribution is 5.95. The second-order valence-corrected chi connectivity index (χ2v) is 8.93. The van der Waals surface area contributed by atoms with E-state index in [9.17, 15) is 0 Å². The van der Waals surface area contributed by atoms with Crippen molar-refractivity contribution in [1.29, 1.82) is 0 Å². The summed E-state index contributed by atoms with van der Waals surface area (Å²) in [5.74, 6) is 0.635. The summed E-state index contributed by atoms with van der Waals surface area (Å²) in [5.41, 5.74) is 8.37. The number of rotatable bonds is 10. The van der Waals surface area contributed by atoms with Crippen LogP contribution in [0.15, 0.2) is 91.7 Å². The summed E-state index contributed by atoms with van der Waals surface area (Å²) < 4.78 is 0. The van der Waals surface area contributed by atoms with E-state index in [0.717, 1.165) is 69.6 Å². The van der Waals surface area contributed by atoms with Crippen LogP contribution in [0.4, 0.5) is 0 Å². The monoisotopic (exact) mass is 502 g/mol. The van der Waals surface area contributed by atoms with Gasteiger partial charge in [0.2, 0.25) is 0 Å². The van der Waals surface area contributed by atoms with Crippen molar-refractivity contribution in [2.75, 3.05) is 0 Å². The van der Waals surface area contributed by atoms with Crippen LogP contribution >= 0.6 is 0 Å². The van der Waals surface area contributed by atoms with Crippen molar-refractivity contribution >= 4 is 27.8 Å². The Morgan fingerprint density at radius 3 is 2.76 bits per heavy atom. The van der Waals surface area contributed by atoms with Crippen molar-refractivity contribution in [3.63, 3.8) is 0 Å². The van der Waals surface area contributed by atoms with E-state index >= 15 is 0 Å². The van der Waals surface area contributed by atoms with E-state index in [4.69, 9.17) is 4.98 Å². The number of pyridine rings is 3. The number of nitrogens with zero attached hydrogens (tertiary/aromatic N) is 5. The number of aromatic nitrogens is 7. The summed E-state index contributed by atoms with van der Waals surface area (Å²) in [4.78, 5) is 21.7. The minimum Gasteiger partial charge on any atom is -0.359 e. The standard InChI is InChI=1S/C30H30N8/c1-5-8-11-19(4)34-22(7-3)16-20(6-2)21-17-24-27(37-38-28(24)33-18-21)30-35-26-23(13-15-32-29(26)36-30)25-12-9-10-14-31-25/h6-7,9-10,12-18,34H,3-5,8,11H2,1-2H3,(H,32,35,36)(H,33,37,38)/b20-6+,22-16+. The minimum absolute atomic E-state index is 0.608. The highest BCUT2D eigenvalue weighted by Crippen LogP contribution is 2.30. The third-order valence-corrected chi connectivity index (χ3v) is 6.31. The Hall–Kier alpha value is -4.85. The molecule has 0 aromatic carbocycles. The van der Waals surface area contributed by atoms with Crippen molar-refractivity contribution in [3.8, 4) is 22.8 Å². The van der Waals surface area contributed by atoms with E-state index in [0.29, 0.717) is 17.1 Å². The summed E-state index contributed by atoms with van der Waals surface area (Å²) in [7, 11) is 0. The van der Waals surface area contributed by atoms with Gasteiger partial charge in [0.25, 0.3) is 0 Å². The molecule has 8 nitrogen and oxygen atoms in total. The molecule has 0 bridgehead atoms. The first kappa shape index (κ1) is 24.8. The number of H-pyrrole nitrogens is 2. The van der Waals surface area contributed by atoms with Crippen LogP contribution in [0, 0.1) is 0 Å². The summed E-state index contributed by atoms with van der Waals surface area (Å²) in [6.45, 7) is 12.3. The predicted molar refractivity (Wildman–Crippen MR) is 154 cm³/mol. The largest absolute Gasteiger partial charge is 0.359 e. The second-order valence-electron chi connectivity index (χ2n) is 8.93. The van der Waals surface area contributed by atoms with Crippen LogP contribution in [-0.2, 0) is 0 Å². The zero-order valence-electron chi connectivity index (χ0n) is 21.6. The van der Waals surface area contributed by atoms with Crippen LogP contribution < -0.4 is 5.32 Å². The molecule has 0 aliphatic carbocycles. The van der Waals surface area contributed by atoms with E-state index in [1.165, 1.54) is 0 Å². The van der Waals surface area contributed by atoms with Crippen molar-refractivity contribution in [1.82, 2.24) is 40.4 Å². The lowest BCUT2D eigenvalue weighted by molar-refractivity contribution is 0.751. The van der Waals surface area contributed by atoms with Crippen molar-refractivity contribution in [2.24, 2.45) is 0 Å². The molecule has 5 heterocycles. The molecule has 0 atom stereocenters. The van der Waals surface area contributed by atoms with Crippen LogP contribution in [0.25, 0.3) is 50.5 Å². The second kappa shape index (κ2) is 11.0. The molecule has 5 rings (SSSR count). The van der Waals surface area contributed by atoms with Crippen molar-refractivity contribution < 1.29 is 0 Å². The van der Waals surface area contributed by atoms with Gasteiger partial charge in [-0.2, -0.15) is 5.10 Å². The quantitative estimate of drug-likeness (QED) is 0.183. The van der Waals surface area contributed by atoms with Gasteiger partial charge in [0.05, 0.1) is 16.6 Å². The Morgan fingerprint density at radius 2 is 2.00 bits per heavy atom. The third-order valence-electron chi connectivity index (χ3n) is 6.31. The molecule has 0 saturated carbocycles. The average Bonchev–Trinajstić information content (AvgIpc) is 3.58. The zero-order valence-corrected chi connectivity index (χ0v) is 21.6. The number of imidazole rings is 1. The maximum Gasteiger partial charge on any atom is 0.181 e. The number of unbranched alkanes of at least 4 members (excludes halogenated alkanes) is 1. The Balaban J connectivity index is 1.52. The normalized spacial score (nSPS) is 12.3. The molecule has 0 spiro atoms. The molecular formula is C30H30N8. The molecular weight excluding hydrogens is 472 g/mol. The first-order valence-corrected chi connectivity index (χ1v) is 12.7. The van der Waals surface area contributed by atoms with Gasteiger partial charge in [-0.15, -0.1) is 0 Å². The van der Waals surface area contributed by atoms with Gasteiger partial charge in [0, 0.05) is 41.1 Å². The summed E-state index contributed by atoms with van der Waals surface area (Å²) in [6, 6.07) is 9.83. The van der Waals surface area contributed by atoms with E-state index < -0.39 is 0 Å². The lowest BCUT2D eigenvalue weighted by Crippen LogP contribution is -2.10. The number of hydrogen-bond donors (Lipinski definition) is 3. The molecule has 0 amide bonds. The maximum atomic E-state index is 4.75. The summed E-state index contributed by atoms with van der Waals surface area (Å²) >= 11 is 0. The molecule has 8 heteroatoms. The highest BCUT2D eigenvalue weighted by Gasteiger charge is 2.17. The van der Waals surface area contributed by atoms with Crippen molar-refractivity contribution in [3.05, 3.63) is 97.3 Å². The Morgan fingerprint density at radius 1 is 1.11 bits per heavy atom. The SMILES string of the molecule is C=C/C(=C\C(=C/C)c1cnc2n[nH]c(-c3nc4nccc(-c5ccccn5)c4[nH]3)c2c1)NC(=C)CCCC. The molecule has 0 saturated heterocycles. The Bertz CT molecular complexity index is 1670. The highest BCUT2D eigenvalue weighted by atomic mass is 15.2. The topological polar surface area (TPSA) is 108 Å². The molecule has 0 aliphatic rings. The zero-order chi connectivity index (χ0) is 26.5. The van der Waals surface area contributed by atoms with Crippen molar-refractivity contribution in [2.45, 2.75) is 33.1 Å². The first-order valence-electron chi connectivity index (χ1n) is 12.7. The summed E-state index contributed by atoms with van der Waals surface area (Å²) in [6.07, 6.45) is 14.4. The molecule has 0 aliphatic heterocycles. The number of hydrogen-bond acceptors (Lipinski definition) is 6. The molecule has 5 aromatic rings. The average molecular weight is 503 g/mol. The van der Waals surface area contributed by atoms with Gasteiger partial charge in [0.1, 0.15) is 5.69 Å². The van der Waals surface area contributed by atoms with E-state index in [2.05, 4.69) is 67.7 Å². The van der Waals surface area contributed by atoms with Crippen LogP contribution in [0.3, 0.4) is 0 Å². The van der Waals surface area contributed by atoms with Gasteiger partial charge in [-0.25, -0.2) is 15.0 Å². The molecule has 0 unspecified atom stereocenters. The van der Waals surface area contributed by atoms with Crippen LogP contribution in [-0.4, -0.2) is 35.1 Å². The maximum absolute atomic E-state index is 4.75. The van der Waals surface area contributed by atoms with E-state index in [-0.39, 0.29) is 0 Å². The van der Waals surface area contributed by atoms with Gasteiger partial charge in [-0.1, -0.05) is 38.6 Å². The van der Waals surface area contributed by atoms with Gasteiger partial charge < -0.3 is 10.3 Å². The molecule has 0 fully saturated rings. The lowest BCUT2D eigenvalue weighted by atomic mass is 10.0. The van der Waals surface area contributed by atoms with Crippen LogP contribution in [0.5, 0.6) is 0 Å². The third kappa shape index (κ3) is 5.01. The number of aromatic amines is 2. The van der Waals surface area contributed by atoms with Crippen LogP contribution in [0.2, 0.25) is 0 Å². The molecule has 0 radical (unpaired) electrons. The lowest BCUT2D eigenvalue weighted by Gasteiger charge is -2.11. The molecule has 3 N–H and O–H groups in total. The van der Waals surface area contributed by atoms with E-state index in [1.54, 1.807) is 18.5 Å². The first-order chi connectivity index (χ1) is 18.6. The smallest absolute Gasteiger partial charge is 0.181 e. The fourth-order valence-electron chi connectivity index (χ4n) is 4.31. The Labute approximate surface area is 221 Å². The fraction of sp³-hybridized carbons (Fsp3) is 0.167. The number of fused-ring (bicyclic) bond motifs is 2. The van der Waals surface area contributed by atoms with Gasteiger partial charge in [0.15, 0.2) is 17.1 Å². The van der Waals surface area contributed by atoms with Gasteiger partial charge in [-0.05, 0) is 61.8 Å². The summed E-state index contributed by atoms with van der Waals surface area (Å²) in [5, 5.41) is 11.8.